The second kappa shape index (κ2) is 7.51. The summed E-state index contributed by atoms with van der Waals surface area (Å²) in [4.78, 5) is 25.9. The van der Waals surface area contributed by atoms with Crippen molar-refractivity contribution in [1.82, 2.24) is 4.90 Å². The molecule has 0 bridgehead atoms. The van der Waals surface area contributed by atoms with Crippen LogP contribution in [0.4, 0.5) is 5.69 Å². The van der Waals surface area contributed by atoms with Crippen LogP contribution in [0.15, 0.2) is 48.5 Å². The predicted octanol–water partition coefficient (Wildman–Crippen LogP) is 3.69. The van der Waals surface area contributed by atoms with E-state index < -0.39 is 0 Å². The molecule has 25 heavy (non-hydrogen) atoms. The lowest BCUT2D eigenvalue weighted by Gasteiger charge is -2.23. The molecule has 1 aliphatic rings. The summed E-state index contributed by atoms with van der Waals surface area (Å²) in [6, 6.07) is 16.2. The Balaban J connectivity index is 1.66. The molecule has 0 spiro atoms. The van der Waals surface area contributed by atoms with Crippen LogP contribution < -0.4 is 5.32 Å². The van der Waals surface area contributed by atoms with E-state index in [0.29, 0.717) is 19.0 Å². The molecule has 0 saturated heterocycles. The summed E-state index contributed by atoms with van der Waals surface area (Å²) in [7, 11) is 0. The Morgan fingerprint density at radius 3 is 2.40 bits per heavy atom. The van der Waals surface area contributed by atoms with E-state index in [1.807, 2.05) is 35.2 Å². The van der Waals surface area contributed by atoms with E-state index in [9.17, 15) is 9.59 Å². The van der Waals surface area contributed by atoms with Crippen molar-refractivity contribution in [3.63, 3.8) is 0 Å². The van der Waals surface area contributed by atoms with E-state index in [1.54, 1.807) is 0 Å². The molecule has 0 aromatic heterocycles. The number of nitrogens with one attached hydrogen (secondary N) is 1. The van der Waals surface area contributed by atoms with Crippen molar-refractivity contribution in [3.05, 3.63) is 65.2 Å². The lowest BCUT2D eigenvalue weighted by atomic mass is 10.1. The van der Waals surface area contributed by atoms with Gasteiger partial charge in [0.2, 0.25) is 11.8 Å². The number of carbonyl (C=O) groups is 2. The van der Waals surface area contributed by atoms with Crippen molar-refractivity contribution in [2.24, 2.45) is 0 Å². The summed E-state index contributed by atoms with van der Waals surface area (Å²) in [6.07, 6.45) is 2.58. The fraction of sp³-hybridized carbons (Fsp3) is 0.333. The first-order valence-electron chi connectivity index (χ1n) is 8.73. The molecule has 1 N–H and O–H groups in total. The maximum absolute atomic E-state index is 12.8. The van der Waals surface area contributed by atoms with E-state index in [0.717, 1.165) is 24.1 Å². The van der Waals surface area contributed by atoms with Gasteiger partial charge in [-0.2, -0.15) is 0 Å². The summed E-state index contributed by atoms with van der Waals surface area (Å²) < 4.78 is 0. The lowest BCUT2D eigenvalue weighted by Crippen LogP contribution is -2.33. The Morgan fingerprint density at radius 1 is 1.08 bits per heavy atom. The summed E-state index contributed by atoms with van der Waals surface area (Å²) in [5, 5.41) is 2.74. The first-order valence-corrected chi connectivity index (χ1v) is 8.73. The highest BCUT2D eigenvalue weighted by molar-refractivity contribution is 5.88. The Bertz CT molecular complexity index is 764. The average molecular weight is 336 g/mol. The highest BCUT2D eigenvalue weighted by Crippen LogP contribution is 2.29. The summed E-state index contributed by atoms with van der Waals surface area (Å²) in [6.45, 7) is 4.23. The highest BCUT2D eigenvalue weighted by Gasteiger charge is 2.32. The summed E-state index contributed by atoms with van der Waals surface area (Å²) in [5.74, 6) is 0.0678. The van der Waals surface area contributed by atoms with Gasteiger partial charge in [0.05, 0.1) is 6.42 Å². The zero-order valence-electron chi connectivity index (χ0n) is 14.8. The largest absolute Gasteiger partial charge is 0.335 e. The van der Waals surface area contributed by atoms with Gasteiger partial charge in [0, 0.05) is 25.2 Å². The van der Waals surface area contributed by atoms with Crippen LogP contribution in [0, 0.1) is 6.92 Å². The van der Waals surface area contributed by atoms with E-state index in [1.165, 1.54) is 18.1 Å². The number of benzene rings is 2. The second-order valence-electron chi connectivity index (χ2n) is 6.80. The quantitative estimate of drug-likeness (QED) is 0.875. The van der Waals surface area contributed by atoms with E-state index in [-0.39, 0.29) is 11.8 Å². The van der Waals surface area contributed by atoms with Crippen LogP contribution in [0.5, 0.6) is 0 Å². The number of hydrogen-bond acceptors (Lipinski definition) is 2. The molecule has 1 saturated carbocycles. The number of nitrogens with zero attached hydrogens (tertiary/aromatic N) is 1. The van der Waals surface area contributed by atoms with Crippen molar-refractivity contribution in [1.29, 1.82) is 0 Å². The molecule has 0 radical (unpaired) electrons. The van der Waals surface area contributed by atoms with Gasteiger partial charge in [0.25, 0.3) is 0 Å². The molecule has 2 aromatic rings. The molecule has 0 aliphatic heterocycles. The average Bonchev–Trinajstić information content (AvgIpc) is 3.39. The van der Waals surface area contributed by atoms with Gasteiger partial charge in [-0.25, -0.2) is 0 Å². The number of anilines is 1. The molecule has 0 unspecified atom stereocenters. The lowest BCUT2D eigenvalue weighted by molar-refractivity contribution is -0.131. The molecule has 1 aliphatic carbocycles. The van der Waals surface area contributed by atoms with Gasteiger partial charge >= 0.3 is 0 Å². The molecule has 2 aromatic carbocycles. The fourth-order valence-corrected chi connectivity index (χ4v) is 3.00. The van der Waals surface area contributed by atoms with E-state index in [2.05, 4.69) is 30.4 Å². The van der Waals surface area contributed by atoms with Crippen molar-refractivity contribution in [2.45, 2.75) is 45.7 Å². The number of hydrogen-bond donors (Lipinski definition) is 1. The Kier molecular flexibility index (Phi) is 5.17. The van der Waals surface area contributed by atoms with Crippen LogP contribution in [0.3, 0.4) is 0 Å². The van der Waals surface area contributed by atoms with Gasteiger partial charge in [-0.1, -0.05) is 42.0 Å². The normalized spacial score (nSPS) is 13.4. The molecule has 0 heterocycles. The summed E-state index contributed by atoms with van der Waals surface area (Å²) in [5.41, 5.74) is 4.12. The van der Waals surface area contributed by atoms with Crippen molar-refractivity contribution < 1.29 is 9.59 Å². The monoisotopic (exact) mass is 336 g/mol. The van der Waals surface area contributed by atoms with Crippen LogP contribution in [-0.2, 0) is 22.6 Å². The smallest absolute Gasteiger partial charge is 0.227 e. The first kappa shape index (κ1) is 17.2. The maximum Gasteiger partial charge on any atom is 0.227 e. The van der Waals surface area contributed by atoms with Gasteiger partial charge in [0.1, 0.15) is 0 Å². The third-order valence-corrected chi connectivity index (χ3v) is 4.37. The van der Waals surface area contributed by atoms with Gasteiger partial charge in [0.15, 0.2) is 0 Å². The fourth-order valence-electron chi connectivity index (χ4n) is 3.00. The van der Waals surface area contributed by atoms with Gasteiger partial charge < -0.3 is 10.2 Å². The molecule has 3 rings (SSSR count). The summed E-state index contributed by atoms with van der Waals surface area (Å²) >= 11 is 0. The molecular formula is C21H24N2O2. The Labute approximate surface area is 148 Å². The minimum Gasteiger partial charge on any atom is -0.335 e. The highest BCUT2D eigenvalue weighted by atomic mass is 16.2. The molecule has 0 atom stereocenters. The SMILES string of the molecule is CC(=O)Nc1ccc(CC(=O)N(Cc2cccc(C)c2)C2CC2)cc1. The number of aryl methyl sites for hydroxylation is 1. The molecule has 130 valence electrons. The predicted molar refractivity (Wildman–Crippen MR) is 99.2 cm³/mol. The third-order valence-electron chi connectivity index (χ3n) is 4.37. The third kappa shape index (κ3) is 4.92. The van der Waals surface area contributed by atoms with Gasteiger partial charge in [-0.05, 0) is 43.0 Å². The molecule has 2 amide bonds. The Morgan fingerprint density at radius 2 is 1.80 bits per heavy atom. The van der Waals surface area contributed by atoms with Crippen molar-refractivity contribution in [3.8, 4) is 0 Å². The van der Waals surface area contributed by atoms with Crippen LogP contribution >= 0.6 is 0 Å². The number of rotatable bonds is 6. The zero-order valence-corrected chi connectivity index (χ0v) is 14.8. The van der Waals surface area contributed by atoms with Gasteiger partial charge in [-0.15, -0.1) is 0 Å². The molecule has 4 heteroatoms. The molecular weight excluding hydrogens is 312 g/mol. The Hall–Kier alpha value is -2.62. The van der Waals surface area contributed by atoms with E-state index >= 15 is 0 Å². The van der Waals surface area contributed by atoms with Gasteiger partial charge in [-0.3, -0.25) is 9.59 Å². The number of carbonyl (C=O) groups excluding carboxylic acids is 2. The zero-order chi connectivity index (χ0) is 17.8. The minimum absolute atomic E-state index is 0.0955. The topological polar surface area (TPSA) is 49.4 Å². The maximum atomic E-state index is 12.8. The second-order valence-corrected chi connectivity index (χ2v) is 6.80. The van der Waals surface area contributed by atoms with Crippen LogP contribution in [0.1, 0.15) is 36.5 Å². The number of amides is 2. The van der Waals surface area contributed by atoms with Crippen molar-refractivity contribution in [2.75, 3.05) is 5.32 Å². The first-order chi connectivity index (χ1) is 12.0. The van der Waals surface area contributed by atoms with Crippen LogP contribution in [0.25, 0.3) is 0 Å². The minimum atomic E-state index is -0.0955. The van der Waals surface area contributed by atoms with Crippen LogP contribution in [-0.4, -0.2) is 22.8 Å². The molecule has 4 nitrogen and oxygen atoms in total. The van der Waals surface area contributed by atoms with Crippen LogP contribution in [0.2, 0.25) is 0 Å². The molecule has 1 fully saturated rings. The standard InChI is InChI=1S/C21H24N2O2/c1-15-4-3-5-18(12-15)14-23(20-10-11-20)21(25)13-17-6-8-19(9-7-17)22-16(2)24/h3-9,12,20H,10-11,13-14H2,1-2H3,(H,22,24). The van der Waals surface area contributed by atoms with Crippen molar-refractivity contribution >= 4 is 17.5 Å². The van der Waals surface area contributed by atoms with E-state index in [4.69, 9.17) is 0 Å².